The van der Waals surface area contributed by atoms with Crippen molar-refractivity contribution in [2.75, 3.05) is 21.3 Å². The first-order valence-electron chi connectivity index (χ1n) is 7.58. The van der Waals surface area contributed by atoms with Gasteiger partial charge >= 0.3 is 0 Å². The van der Waals surface area contributed by atoms with Gasteiger partial charge in [-0.25, -0.2) is 0 Å². The lowest BCUT2D eigenvalue weighted by molar-refractivity contribution is 0.324. The molecule has 2 rings (SSSR count). The highest BCUT2D eigenvalue weighted by Gasteiger charge is 2.29. The molecule has 0 N–H and O–H groups in total. The molecule has 1 aliphatic carbocycles. The van der Waals surface area contributed by atoms with Crippen LogP contribution in [-0.4, -0.2) is 21.3 Å². The summed E-state index contributed by atoms with van der Waals surface area (Å²) < 4.78 is 16.0. The fraction of sp³-hybridized carbons (Fsp3) is 0.500. The maximum Gasteiger partial charge on any atom is 0.203 e. The molecule has 0 bridgehead atoms. The van der Waals surface area contributed by atoms with E-state index in [2.05, 4.69) is 6.07 Å². The van der Waals surface area contributed by atoms with Crippen LogP contribution in [0, 0.1) is 16.7 Å². The lowest BCUT2D eigenvalue weighted by atomic mass is 9.75. The molecule has 4 heteroatoms. The number of allylic oxidation sites excluding steroid dienone is 1. The van der Waals surface area contributed by atoms with Gasteiger partial charge in [0.15, 0.2) is 11.5 Å². The van der Waals surface area contributed by atoms with E-state index in [1.54, 1.807) is 21.3 Å². The maximum absolute atomic E-state index is 9.53. The number of rotatable bonds is 5. The fourth-order valence-corrected chi connectivity index (χ4v) is 2.95. The predicted molar refractivity (Wildman–Crippen MR) is 86.3 cm³/mol. The van der Waals surface area contributed by atoms with Crippen molar-refractivity contribution >= 4 is 6.08 Å². The summed E-state index contributed by atoms with van der Waals surface area (Å²) in [4.78, 5) is 0. The van der Waals surface area contributed by atoms with Gasteiger partial charge in [0.2, 0.25) is 5.75 Å². The number of hydrogen-bond donors (Lipinski definition) is 0. The molecule has 0 spiro atoms. The Morgan fingerprint density at radius 1 is 1.00 bits per heavy atom. The molecule has 0 aliphatic heterocycles. The zero-order valence-electron chi connectivity index (χ0n) is 13.5. The quantitative estimate of drug-likeness (QED) is 0.818. The van der Waals surface area contributed by atoms with Crippen LogP contribution in [0.4, 0.5) is 0 Å². The highest BCUT2D eigenvalue weighted by Crippen LogP contribution is 2.40. The summed E-state index contributed by atoms with van der Waals surface area (Å²) >= 11 is 0. The predicted octanol–water partition coefficient (Wildman–Crippen LogP) is 4.20. The molecule has 0 saturated heterocycles. The van der Waals surface area contributed by atoms with Gasteiger partial charge in [0.05, 0.1) is 32.8 Å². The maximum atomic E-state index is 9.53. The summed E-state index contributed by atoms with van der Waals surface area (Å²) in [5.74, 6) is 1.82. The smallest absolute Gasteiger partial charge is 0.203 e. The topological polar surface area (TPSA) is 51.5 Å². The van der Waals surface area contributed by atoms with Crippen LogP contribution in [0.5, 0.6) is 17.2 Å². The number of ether oxygens (including phenoxy) is 3. The first-order chi connectivity index (χ1) is 10.7. The monoisotopic (exact) mass is 301 g/mol. The molecule has 1 aliphatic rings. The molecule has 22 heavy (non-hydrogen) atoms. The molecule has 1 fully saturated rings. The molecule has 1 aromatic carbocycles. The van der Waals surface area contributed by atoms with Crippen LogP contribution in [0.3, 0.4) is 0 Å². The second-order valence-corrected chi connectivity index (χ2v) is 5.62. The lowest BCUT2D eigenvalue weighted by Crippen LogP contribution is -2.18. The van der Waals surface area contributed by atoms with E-state index in [0.717, 1.165) is 31.2 Å². The number of benzene rings is 1. The van der Waals surface area contributed by atoms with Crippen LogP contribution in [0.25, 0.3) is 6.08 Å². The molecular formula is C18H23NO3. The Balaban J connectivity index is 2.32. The van der Waals surface area contributed by atoms with Crippen LogP contribution in [0.1, 0.15) is 37.7 Å². The molecule has 0 radical (unpaired) electrons. The molecule has 1 saturated carbocycles. The minimum absolute atomic E-state index is 0.335. The standard InChI is InChI=1S/C18H23NO3/c1-20-15-11-14(12-16(21-2)17(15)22-3)7-10-18(13-19)8-5-4-6-9-18/h7,10-12H,4-6,8-9H2,1-3H3/b10-7+. The van der Waals surface area contributed by atoms with Gasteiger partial charge in [-0.1, -0.05) is 31.4 Å². The zero-order chi connectivity index (χ0) is 16.0. The van der Waals surface area contributed by atoms with Gasteiger partial charge < -0.3 is 14.2 Å². The van der Waals surface area contributed by atoms with E-state index < -0.39 is 0 Å². The largest absolute Gasteiger partial charge is 0.493 e. The third kappa shape index (κ3) is 3.36. The Bertz CT molecular complexity index is 555. The molecule has 0 atom stereocenters. The average molecular weight is 301 g/mol. The summed E-state index contributed by atoms with van der Waals surface area (Å²) in [6, 6.07) is 6.28. The molecule has 1 aromatic rings. The van der Waals surface area contributed by atoms with Crippen LogP contribution in [0.2, 0.25) is 0 Å². The summed E-state index contributed by atoms with van der Waals surface area (Å²) in [7, 11) is 4.79. The van der Waals surface area contributed by atoms with Gasteiger partial charge in [0.1, 0.15) is 0 Å². The Morgan fingerprint density at radius 3 is 2.05 bits per heavy atom. The summed E-state index contributed by atoms with van der Waals surface area (Å²) in [6.07, 6.45) is 9.35. The normalized spacial score (nSPS) is 17.0. The first-order valence-corrected chi connectivity index (χ1v) is 7.58. The molecule has 0 unspecified atom stereocenters. The van der Waals surface area contributed by atoms with Gasteiger partial charge in [-0.2, -0.15) is 5.26 Å². The van der Waals surface area contributed by atoms with Crippen LogP contribution < -0.4 is 14.2 Å². The van der Waals surface area contributed by atoms with E-state index in [9.17, 15) is 5.26 Å². The molecule has 118 valence electrons. The molecule has 4 nitrogen and oxygen atoms in total. The van der Waals surface area contributed by atoms with Crippen LogP contribution in [-0.2, 0) is 0 Å². The van der Waals surface area contributed by atoms with E-state index in [4.69, 9.17) is 14.2 Å². The van der Waals surface area contributed by atoms with Crippen molar-refractivity contribution in [3.8, 4) is 23.3 Å². The van der Waals surface area contributed by atoms with Crippen molar-refractivity contribution in [3.63, 3.8) is 0 Å². The van der Waals surface area contributed by atoms with Crippen molar-refractivity contribution in [1.29, 1.82) is 5.26 Å². The minimum atomic E-state index is -0.335. The van der Waals surface area contributed by atoms with Crippen molar-refractivity contribution in [3.05, 3.63) is 23.8 Å². The average Bonchev–Trinajstić information content (AvgIpc) is 2.59. The number of methoxy groups -OCH3 is 3. The first kappa shape index (κ1) is 16.2. The van der Waals surface area contributed by atoms with E-state index in [-0.39, 0.29) is 5.41 Å². The van der Waals surface area contributed by atoms with Crippen molar-refractivity contribution in [2.45, 2.75) is 32.1 Å². The van der Waals surface area contributed by atoms with E-state index in [0.29, 0.717) is 17.2 Å². The molecule has 0 aromatic heterocycles. The third-order valence-electron chi connectivity index (χ3n) is 4.25. The number of hydrogen-bond acceptors (Lipinski definition) is 4. The van der Waals surface area contributed by atoms with E-state index in [1.165, 1.54) is 6.42 Å². The Labute approximate surface area is 132 Å². The van der Waals surface area contributed by atoms with E-state index in [1.807, 2.05) is 24.3 Å². The van der Waals surface area contributed by atoms with Crippen molar-refractivity contribution < 1.29 is 14.2 Å². The summed E-state index contributed by atoms with van der Waals surface area (Å²) in [5, 5.41) is 9.53. The highest BCUT2D eigenvalue weighted by molar-refractivity contribution is 5.62. The Morgan fingerprint density at radius 2 is 1.59 bits per heavy atom. The number of nitriles is 1. The Hall–Kier alpha value is -2.15. The molecular weight excluding hydrogens is 278 g/mol. The fourth-order valence-electron chi connectivity index (χ4n) is 2.95. The summed E-state index contributed by atoms with van der Waals surface area (Å²) in [6.45, 7) is 0. The van der Waals surface area contributed by atoms with Gasteiger partial charge in [-0.15, -0.1) is 0 Å². The van der Waals surface area contributed by atoms with Gasteiger partial charge in [-0.05, 0) is 30.5 Å². The number of nitrogens with zero attached hydrogens (tertiary/aromatic N) is 1. The van der Waals surface area contributed by atoms with Crippen molar-refractivity contribution in [1.82, 2.24) is 0 Å². The van der Waals surface area contributed by atoms with Gasteiger partial charge in [0, 0.05) is 0 Å². The second-order valence-electron chi connectivity index (χ2n) is 5.62. The molecule has 0 amide bonds. The lowest BCUT2D eigenvalue weighted by Gasteiger charge is -2.27. The summed E-state index contributed by atoms with van der Waals surface area (Å²) in [5.41, 5.74) is 0.605. The van der Waals surface area contributed by atoms with E-state index >= 15 is 0 Å². The zero-order valence-corrected chi connectivity index (χ0v) is 13.5. The van der Waals surface area contributed by atoms with Gasteiger partial charge in [-0.3, -0.25) is 0 Å². The van der Waals surface area contributed by atoms with Crippen LogP contribution in [0.15, 0.2) is 18.2 Å². The minimum Gasteiger partial charge on any atom is -0.493 e. The van der Waals surface area contributed by atoms with Crippen molar-refractivity contribution in [2.24, 2.45) is 5.41 Å². The van der Waals surface area contributed by atoms with Gasteiger partial charge in [0.25, 0.3) is 0 Å². The molecule has 0 heterocycles. The third-order valence-corrected chi connectivity index (χ3v) is 4.25. The SMILES string of the molecule is COc1cc(/C=C/C2(C#N)CCCCC2)cc(OC)c1OC. The van der Waals surface area contributed by atoms with Crippen LogP contribution >= 0.6 is 0 Å². The Kier molecular flexibility index (Phi) is 5.32. The second kappa shape index (κ2) is 7.22. The highest BCUT2D eigenvalue weighted by atomic mass is 16.5.